The van der Waals surface area contributed by atoms with Crippen LogP contribution < -0.4 is 5.56 Å². The Kier molecular flexibility index (Phi) is 4.16. The molecule has 1 aromatic heterocycles. The van der Waals surface area contributed by atoms with Crippen molar-refractivity contribution in [3.63, 3.8) is 0 Å². The second-order valence-electron chi connectivity index (χ2n) is 3.87. The Labute approximate surface area is 125 Å². The number of halogens is 2. The van der Waals surface area contributed by atoms with Gasteiger partial charge >= 0.3 is 0 Å². The lowest BCUT2D eigenvalue weighted by atomic mass is 10.2. The number of hydrogen-bond donors (Lipinski definition) is 0. The average molecular weight is 388 g/mol. The maximum absolute atomic E-state index is 11.9. The Bertz CT molecular complexity index is 698. The van der Waals surface area contributed by atoms with Crippen molar-refractivity contribution < 1.29 is 4.92 Å². The molecule has 0 aliphatic heterocycles. The van der Waals surface area contributed by atoms with Gasteiger partial charge in [0.25, 0.3) is 11.2 Å². The molecule has 98 valence electrons. The molecule has 0 unspecified atom stereocenters. The summed E-state index contributed by atoms with van der Waals surface area (Å²) in [7, 11) is 0. The molecule has 1 heterocycles. The van der Waals surface area contributed by atoms with Gasteiger partial charge in [-0.3, -0.25) is 14.9 Å². The van der Waals surface area contributed by atoms with E-state index in [0.29, 0.717) is 10.0 Å². The van der Waals surface area contributed by atoms with E-state index in [2.05, 4.69) is 31.9 Å². The van der Waals surface area contributed by atoms with Crippen LogP contribution in [0.1, 0.15) is 5.56 Å². The molecule has 19 heavy (non-hydrogen) atoms. The number of rotatable bonds is 3. The summed E-state index contributed by atoms with van der Waals surface area (Å²) in [5, 5.41) is 10.7. The first-order valence-electron chi connectivity index (χ1n) is 5.26. The first kappa shape index (κ1) is 14.0. The van der Waals surface area contributed by atoms with E-state index >= 15 is 0 Å². The molecule has 5 nitrogen and oxygen atoms in total. The van der Waals surface area contributed by atoms with Gasteiger partial charge in [0.05, 0.1) is 15.9 Å². The van der Waals surface area contributed by atoms with E-state index < -0.39 is 4.92 Å². The maximum atomic E-state index is 11.9. The van der Waals surface area contributed by atoms with E-state index in [1.807, 2.05) is 0 Å². The van der Waals surface area contributed by atoms with Gasteiger partial charge in [-0.15, -0.1) is 0 Å². The molecule has 0 radical (unpaired) electrons. The van der Waals surface area contributed by atoms with Gasteiger partial charge in [-0.1, -0.05) is 12.1 Å². The van der Waals surface area contributed by atoms with E-state index in [4.69, 9.17) is 0 Å². The van der Waals surface area contributed by atoms with Gasteiger partial charge in [-0.05, 0) is 43.5 Å². The molecule has 7 heteroatoms. The van der Waals surface area contributed by atoms with Crippen LogP contribution in [0.4, 0.5) is 5.69 Å². The van der Waals surface area contributed by atoms with Crippen LogP contribution in [-0.2, 0) is 6.54 Å². The molecule has 0 N–H and O–H groups in total. The quantitative estimate of drug-likeness (QED) is 0.599. The van der Waals surface area contributed by atoms with E-state index in [9.17, 15) is 14.9 Å². The molecule has 1 aromatic carbocycles. The van der Waals surface area contributed by atoms with Crippen LogP contribution in [0.5, 0.6) is 0 Å². The molecule has 0 spiro atoms. The van der Waals surface area contributed by atoms with Gasteiger partial charge in [0.15, 0.2) is 0 Å². The molecule has 0 aliphatic carbocycles. The Morgan fingerprint density at radius 3 is 2.68 bits per heavy atom. The number of benzene rings is 1. The molecule has 0 bridgehead atoms. The average Bonchev–Trinajstić information content (AvgIpc) is 2.35. The Hall–Kier alpha value is -1.47. The third kappa shape index (κ3) is 3.30. The summed E-state index contributed by atoms with van der Waals surface area (Å²) < 4.78 is 2.67. The minimum absolute atomic E-state index is 0.0135. The number of nitrogens with zero attached hydrogens (tertiary/aromatic N) is 2. The molecule has 0 saturated heterocycles. The second-order valence-corrected chi connectivity index (χ2v) is 5.64. The van der Waals surface area contributed by atoms with E-state index in [1.165, 1.54) is 16.7 Å². The van der Waals surface area contributed by atoms with Gasteiger partial charge < -0.3 is 4.57 Å². The monoisotopic (exact) mass is 386 g/mol. The number of pyridine rings is 1. The highest BCUT2D eigenvalue weighted by molar-refractivity contribution is 9.11. The summed E-state index contributed by atoms with van der Waals surface area (Å²) in [4.78, 5) is 22.2. The van der Waals surface area contributed by atoms with Crippen LogP contribution in [0, 0.1) is 10.1 Å². The first-order chi connectivity index (χ1) is 8.97. The van der Waals surface area contributed by atoms with Crippen molar-refractivity contribution in [3.8, 4) is 0 Å². The number of aromatic nitrogens is 1. The second kappa shape index (κ2) is 5.66. The molecule has 0 saturated carbocycles. The van der Waals surface area contributed by atoms with Crippen molar-refractivity contribution in [2.75, 3.05) is 0 Å². The number of nitro groups is 1. The zero-order chi connectivity index (χ0) is 14.0. The van der Waals surface area contributed by atoms with E-state index in [0.717, 1.165) is 4.47 Å². The summed E-state index contributed by atoms with van der Waals surface area (Å²) in [5.41, 5.74) is 0.524. The zero-order valence-electron chi connectivity index (χ0n) is 9.55. The van der Waals surface area contributed by atoms with Crippen LogP contribution in [0.2, 0.25) is 0 Å². The smallest absolute Gasteiger partial charge is 0.269 e. The summed E-state index contributed by atoms with van der Waals surface area (Å²) in [6, 6.07) is 7.89. The minimum Gasteiger partial charge on any atom is -0.309 e. The zero-order valence-corrected chi connectivity index (χ0v) is 12.7. The molecule has 2 rings (SSSR count). The summed E-state index contributed by atoms with van der Waals surface area (Å²) >= 11 is 6.48. The van der Waals surface area contributed by atoms with Crippen molar-refractivity contribution in [1.29, 1.82) is 0 Å². The SMILES string of the molecule is O=c1c(Br)cc(Br)cn1Cc1cccc([N+](=O)[O-])c1. The topological polar surface area (TPSA) is 65.1 Å². The van der Waals surface area contributed by atoms with Crippen molar-refractivity contribution in [2.45, 2.75) is 6.54 Å². The lowest BCUT2D eigenvalue weighted by Gasteiger charge is -2.07. The molecule has 0 amide bonds. The standard InChI is InChI=1S/C12H8Br2N2O3/c13-9-5-11(14)12(17)15(7-9)6-8-2-1-3-10(4-8)16(18)19/h1-5,7H,6H2. The van der Waals surface area contributed by atoms with E-state index in [-0.39, 0.29) is 17.8 Å². The lowest BCUT2D eigenvalue weighted by molar-refractivity contribution is -0.384. The van der Waals surface area contributed by atoms with Crippen molar-refractivity contribution in [1.82, 2.24) is 4.57 Å². The normalized spacial score (nSPS) is 10.4. The summed E-state index contributed by atoms with van der Waals surface area (Å²) in [5.74, 6) is 0. The van der Waals surface area contributed by atoms with Gasteiger partial charge in [-0.25, -0.2) is 0 Å². The van der Waals surface area contributed by atoms with Crippen LogP contribution in [0.25, 0.3) is 0 Å². The highest BCUT2D eigenvalue weighted by Crippen LogP contribution is 2.16. The highest BCUT2D eigenvalue weighted by Gasteiger charge is 2.08. The molecule has 2 aromatic rings. The minimum atomic E-state index is -0.455. The Morgan fingerprint density at radius 2 is 2.00 bits per heavy atom. The Balaban J connectivity index is 2.39. The van der Waals surface area contributed by atoms with Crippen LogP contribution in [0.15, 0.2) is 50.3 Å². The molecule has 0 fully saturated rings. The molecular weight excluding hydrogens is 380 g/mol. The fourth-order valence-corrected chi connectivity index (χ4v) is 2.90. The fraction of sp³-hybridized carbons (Fsp3) is 0.0833. The maximum Gasteiger partial charge on any atom is 0.269 e. The number of hydrogen-bond acceptors (Lipinski definition) is 3. The van der Waals surface area contributed by atoms with Gasteiger partial charge in [0, 0.05) is 22.8 Å². The fourth-order valence-electron chi connectivity index (χ4n) is 1.65. The molecular formula is C12H8Br2N2O3. The summed E-state index contributed by atoms with van der Waals surface area (Å²) in [6.45, 7) is 0.276. The third-order valence-electron chi connectivity index (χ3n) is 2.48. The van der Waals surface area contributed by atoms with Gasteiger partial charge in [-0.2, -0.15) is 0 Å². The lowest BCUT2D eigenvalue weighted by Crippen LogP contribution is -2.20. The number of non-ortho nitro benzene ring substituents is 1. The van der Waals surface area contributed by atoms with Crippen LogP contribution in [-0.4, -0.2) is 9.49 Å². The largest absolute Gasteiger partial charge is 0.309 e. The van der Waals surface area contributed by atoms with Gasteiger partial charge in [0.1, 0.15) is 0 Å². The van der Waals surface area contributed by atoms with Crippen LogP contribution in [0.3, 0.4) is 0 Å². The van der Waals surface area contributed by atoms with E-state index in [1.54, 1.807) is 24.4 Å². The third-order valence-corrected chi connectivity index (χ3v) is 3.49. The first-order valence-corrected chi connectivity index (χ1v) is 6.85. The Morgan fingerprint density at radius 1 is 1.26 bits per heavy atom. The highest BCUT2D eigenvalue weighted by atomic mass is 79.9. The van der Waals surface area contributed by atoms with Crippen LogP contribution >= 0.6 is 31.9 Å². The summed E-state index contributed by atoms with van der Waals surface area (Å²) in [6.07, 6.45) is 1.64. The van der Waals surface area contributed by atoms with Crippen molar-refractivity contribution >= 4 is 37.5 Å². The predicted octanol–water partition coefficient (Wildman–Crippen LogP) is 3.33. The predicted molar refractivity (Wildman–Crippen MR) is 78.3 cm³/mol. The van der Waals surface area contributed by atoms with Crippen molar-refractivity contribution in [3.05, 3.63) is 71.5 Å². The van der Waals surface area contributed by atoms with Crippen molar-refractivity contribution in [2.24, 2.45) is 0 Å². The van der Waals surface area contributed by atoms with Gasteiger partial charge in [0.2, 0.25) is 0 Å². The molecule has 0 aliphatic rings. The number of nitro benzene ring substituents is 1. The molecule has 0 atom stereocenters.